The Hall–Kier alpha value is -0.603. The summed E-state index contributed by atoms with van der Waals surface area (Å²) in [5, 5.41) is 1.62. The van der Waals surface area contributed by atoms with Crippen molar-refractivity contribution in [1.29, 1.82) is 0 Å². The van der Waals surface area contributed by atoms with Crippen molar-refractivity contribution in [3.8, 4) is 0 Å². The first-order valence-corrected chi connectivity index (χ1v) is 9.67. The Labute approximate surface area is 114 Å². The largest absolute Gasteiger partial charge is 0.320 e. The smallest absolute Gasteiger partial charge is 0.162 e. The van der Waals surface area contributed by atoms with Gasteiger partial charge in [0, 0.05) is 0 Å². The third-order valence-corrected chi connectivity index (χ3v) is 10.5. The minimum atomic E-state index is -1.55. The fraction of sp³-hybridized carbons (Fsp3) is 0.625. The number of benzene rings is 1. The van der Waals surface area contributed by atoms with E-state index < -0.39 is 8.24 Å². The molecule has 0 aliphatic heterocycles. The minimum absolute atomic E-state index is 0.764. The average Bonchev–Trinajstić information content (AvgIpc) is 2.39. The fourth-order valence-electron chi connectivity index (χ4n) is 3.37. The van der Waals surface area contributed by atoms with Crippen molar-refractivity contribution in [2.75, 3.05) is 13.1 Å². The molecule has 0 aromatic heterocycles. The highest BCUT2D eigenvalue weighted by Crippen LogP contribution is 2.29. The van der Waals surface area contributed by atoms with E-state index in [1.807, 2.05) is 0 Å². The molecule has 0 fully saturated rings. The van der Waals surface area contributed by atoms with Crippen LogP contribution in [0.4, 0.5) is 0 Å². The fourth-order valence-corrected chi connectivity index (χ4v) is 8.97. The second kappa shape index (κ2) is 7.10. The lowest BCUT2D eigenvalue weighted by atomic mass is 10.4. The first kappa shape index (κ1) is 15.5. The normalized spacial score (nSPS) is 15.1. The van der Waals surface area contributed by atoms with Crippen molar-refractivity contribution >= 4 is 13.4 Å². The molecule has 102 valence electrons. The van der Waals surface area contributed by atoms with Crippen molar-refractivity contribution in [2.24, 2.45) is 0 Å². The van der Waals surface area contributed by atoms with Gasteiger partial charge in [-0.1, -0.05) is 71.4 Å². The number of rotatable bonds is 7. The van der Waals surface area contributed by atoms with Gasteiger partial charge in [-0.15, -0.1) is 0 Å². The highest BCUT2D eigenvalue weighted by molar-refractivity contribution is 6.90. The molecule has 0 spiro atoms. The summed E-state index contributed by atoms with van der Waals surface area (Å²) in [4.78, 5) is 0. The van der Waals surface area contributed by atoms with Gasteiger partial charge in [-0.2, -0.15) is 0 Å². The van der Waals surface area contributed by atoms with Gasteiger partial charge in [0.1, 0.15) is 0 Å². The van der Waals surface area contributed by atoms with Gasteiger partial charge in [0.25, 0.3) is 0 Å². The molecule has 1 nitrogen and oxygen atoms in total. The van der Waals surface area contributed by atoms with Crippen LogP contribution >= 0.6 is 0 Å². The molecule has 0 amide bonds. The van der Waals surface area contributed by atoms with E-state index in [4.69, 9.17) is 0 Å². The van der Waals surface area contributed by atoms with Crippen molar-refractivity contribution in [3.05, 3.63) is 30.3 Å². The van der Waals surface area contributed by atoms with Crippen LogP contribution in [-0.2, 0) is 0 Å². The van der Waals surface area contributed by atoms with E-state index in [0.29, 0.717) is 0 Å². The van der Waals surface area contributed by atoms with Crippen LogP contribution in [-0.4, -0.2) is 25.9 Å². The molecule has 0 saturated heterocycles. The molecule has 1 atom stereocenters. The molecule has 0 saturated carbocycles. The Bertz CT molecular complexity index is 332. The van der Waals surface area contributed by atoms with Gasteiger partial charge in [-0.05, 0) is 29.9 Å². The van der Waals surface area contributed by atoms with E-state index in [1.165, 1.54) is 25.6 Å². The van der Waals surface area contributed by atoms with Crippen LogP contribution in [0.3, 0.4) is 0 Å². The molecule has 1 rings (SSSR count). The molecule has 2 heteroatoms. The van der Waals surface area contributed by atoms with E-state index in [1.54, 1.807) is 5.19 Å². The summed E-state index contributed by atoms with van der Waals surface area (Å²) < 4.78 is 2.77. The molecular weight excluding hydrogens is 234 g/mol. The topological polar surface area (TPSA) is 3.24 Å². The Morgan fingerprint density at radius 2 is 1.56 bits per heavy atom. The predicted molar refractivity (Wildman–Crippen MR) is 84.9 cm³/mol. The first-order valence-electron chi connectivity index (χ1n) is 7.43. The molecule has 0 radical (unpaired) electrons. The second-order valence-electron chi connectivity index (χ2n) is 5.37. The van der Waals surface area contributed by atoms with Gasteiger partial charge in [0.2, 0.25) is 0 Å². The molecule has 0 bridgehead atoms. The third kappa shape index (κ3) is 2.86. The lowest BCUT2D eigenvalue weighted by Gasteiger charge is -2.45. The monoisotopic (exact) mass is 263 g/mol. The van der Waals surface area contributed by atoms with Gasteiger partial charge in [0.05, 0.1) is 0 Å². The first-order chi connectivity index (χ1) is 8.63. The van der Waals surface area contributed by atoms with Crippen molar-refractivity contribution in [2.45, 2.75) is 52.6 Å². The molecule has 18 heavy (non-hydrogen) atoms. The molecule has 0 aliphatic rings. The average molecular weight is 264 g/mol. The molecule has 0 N–H and O–H groups in total. The van der Waals surface area contributed by atoms with Gasteiger partial charge >= 0.3 is 0 Å². The van der Waals surface area contributed by atoms with E-state index >= 15 is 0 Å². The van der Waals surface area contributed by atoms with E-state index in [2.05, 4.69) is 69.5 Å². The molecule has 1 aromatic carbocycles. The third-order valence-electron chi connectivity index (χ3n) is 4.19. The Balaban J connectivity index is 3.29. The molecular formula is C16H29NSi. The lowest BCUT2D eigenvalue weighted by molar-refractivity contribution is 0.455. The van der Waals surface area contributed by atoms with Crippen LogP contribution in [0.25, 0.3) is 0 Å². The number of hydrogen-bond donors (Lipinski definition) is 0. The summed E-state index contributed by atoms with van der Waals surface area (Å²) in [7, 11) is -1.55. The zero-order chi connectivity index (χ0) is 13.6. The van der Waals surface area contributed by atoms with Crippen molar-refractivity contribution in [3.63, 3.8) is 0 Å². The van der Waals surface area contributed by atoms with Gasteiger partial charge in [0.15, 0.2) is 8.24 Å². The zero-order valence-electron chi connectivity index (χ0n) is 12.7. The molecule has 0 aliphatic carbocycles. The molecule has 1 unspecified atom stereocenters. The van der Waals surface area contributed by atoms with Gasteiger partial charge in [-0.3, -0.25) is 0 Å². The maximum absolute atomic E-state index is 2.77. The van der Waals surface area contributed by atoms with Crippen LogP contribution in [0.5, 0.6) is 0 Å². The maximum Gasteiger partial charge on any atom is 0.162 e. The van der Waals surface area contributed by atoms with Gasteiger partial charge < -0.3 is 4.57 Å². The van der Waals surface area contributed by atoms with E-state index in [-0.39, 0.29) is 0 Å². The van der Waals surface area contributed by atoms with Crippen molar-refractivity contribution in [1.82, 2.24) is 4.57 Å². The summed E-state index contributed by atoms with van der Waals surface area (Å²) in [6.45, 7) is 14.2. The highest BCUT2D eigenvalue weighted by atomic mass is 28.3. The zero-order valence-corrected chi connectivity index (χ0v) is 13.7. The minimum Gasteiger partial charge on any atom is -0.320 e. The summed E-state index contributed by atoms with van der Waals surface area (Å²) in [5.74, 6) is 0. The van der Waals surface area contributed by atoms with Crippen LogP contribution in [0.15, 0.2) is 30.3 Å². The summed E-state index contributed by atoms with van der Waals surface area (Å²) in [6.07, 6.45) is 1.29. The van der Waals surface area contributed by atoms with E-state index in [9.17, 15) is 0 Å². The van der Waals surface area contributed by atoms with Crippen LogP contribution in [0, 0.1) is 0 Å². The molecule has 1 aromatic rings. The maximum atomic E-state index is 2.77. The van der Waals surface area contributed by atoms with Gasteiger partial charge in [-0.25, -0.2) is 0 Å². The Morgan fingerprint density at radius 3 is 1.94 bits per heavy atom. The van der Waals surface area contributed by atoms with Crippen LogP contribution in [0.1, 0.15) is 41.0 Å². The van der Waals surface area contributed by atoms with Crippen LogP contribution < -0.4 is 5.19 Å². The van der Waals surface area contributed by atoms with E-state index in [0.717, 1.165) is 5.54 Å². The SMILES string of the molecule is CCC[Si](c1ccccc1)(C(C)C)N(CC)CC. The van der Waals surface area contributed by atoms with Crippen molar-refractivity contribution < 1.29 is 0 Å². The number of hydrogen-bond acceptors (Lipinski definition) is 1. The standard InChI is InChI=1S/C16H29NSi/c1-6-14-18(15(4)5,17(7-2)8-3)16-12-10-9-11-13-16/h9-13,15H,6-8,14H2,1-5H3. The lowest BCUT2D eigenvalue weighted by Crippen LogP contribution is -2.64. The highest BCUT2D eigenvalue weighted by Gasteiger charge is 2.42. The second-order valence-corrected chi connectivity index (χ2v) is 10.1. The summed E-state index contributed by atoms with van der Waals surface area (Å²) in [6, 6.07) is 12.6. The van der Waals surface area contributed by atoms with Crippen LogP contribution in [0.2, 0.25) is 11.6 Å². The Morgan fingerprint density at radius 1 is 1.00 bits per heavy atom. The quantitative estimate of drug-likeness (QED) is 0.672. The number of nitrogens with zero attached hydrogens (tertiary/aromatic N) is 1. The molecule has 0 heterocycles. The predicted octanol–water partition coefficient (Wildman–Crippen LogP) is 4.00. The summed E-state index contributed by atoms with van der Waals surface area (Å²) in [5.41, 5.74) is 0.764. The summed E-state index contributed by atoms with van der Waals surface area (Å²) >= 11 is 0. The Kier molecular flexibility index (Phi) is 6.10.